The molecule has 0 aliphatic rings. The van der Waals surface area contributed by atoms with Crippen molar-refractivity contribution in [2.45, 2.75) is 56.3 Å². The quantitative estimate of drug-likeness (QED) is 0.104. The fraction of sp³-hybridized carbons (Fsp3) is 0.417. The fourth-order valence-corrected chi connectivity index (χ4v) is 3.75. The Morgan fingerprint density at radius 2 is 1.33 bits per heavy atom. The zero-order valence-corrected chi connectivity index (χ0v) is 21.0. The molecule has 0 aliphatic carbocycles. The lowest BCUT2D eigenvalue weighted by Gasteiger charge is -2.24. The van der Waals surface area contributed by atoms with Crippen molar-refractivity contribution in [3.8, 4) is 0 Å². The van der Waals surface area contributed by atoms with E-state index in [2.05, 4.69) is 15.6 Å². The summed E-state index contributed by atoms with van der Waals surface area (Å²) >= 11 is 0. The average Bonchev–Trinajstić information content (AvgIpc) is 3.29. The first-order valence-corrected chi connectivity index (χ1v) is 12.0. The largest absolute Gasteiger partial charge is 0.480 e. The highest BCUT2D eigenvalue weighted by atomic mass is 16.4. The Morgan fingerprint density at radius 1 is 0.821 bits per heavy atom. The zero-order chi connectivity index (χ0) is 29.1. The summed E-state index contributed by atoms with van der Waals surface area (Å²) in [5, 5.41) is 26.0. The second-order valence-corrected chi connectivity index (χ2v) is 8.88. The number of aliphatic carboxylic acids is 1. The van der Waals surface area contributed by atoms with E-state index in [0.29, 0.717) is 0 Å². The van der Waals surface area contributed by atoms with E-state index in [4.69, 9.17) is 22.3 Å². The molecular weight excluding hydrogens is 514 g/mol. The topological polar surface area (TPSA) is 273 Å². The van der Waals surface area contributed by atoms with E-state index >= 15 is 0 Å². The van der Waals surface area contributed by atoms with Crippen LogP contribution >= 0.6 is 0 Å². The standard InChI is InChI=1S/C24H33N7O8/c25-14(9-12-10-28-15-4-2-1-3-13(12)15)21(35)29-16(5-7-19(26)33)22(36)30-17(6-8-20(27)34)23(37)31-18(11-32)24(38)39/h1-4,10,14,16-18,28,32H,5-9,11,25H2,(H2,26,33)(H2,27,34)(H,29,35)(H,30,36)(H,31,37)(H,38,39). The number of carbonyl (C=O) groups excluding carboxylic acids is 5. The highest BCUT2D eigenvalue weighted by Gasteiger charge is 2.30. The van der Waals surface area contributed by atoms with Gasteiger partial charge >= 0.3 is 5.97 Å². The fourth-order valence-electron chi connectivity index (χ4n) is 3.75. The molecule has 2 aromatic rings. The summed E-state index contributed by atoms with van der Waals surface area (Å²) < 4.78 is 0. The predicted octanol–water partition coefficient (Wildman–Crippen LogP) is -2.90. The van der Waals surface area contributed by atoms with Gasteiger partial charge < -0.3 is 48.3 Å². The zero-order valence-electron chi connectivity index (χ0n) is 21.0. The van der Waals surface area contributed by atoms with Crippen LogP contribution in [0.2, 0.25) is 0 Å². The van der Waals surface area contributed by atoms with Gasteiger partial charge in [-0.05, 0) is 30.9 Å². The number of benzene rings is 1. The van der Waals surface area contributed by atoms with E-state index in [0.717, 1.165) is 16.5 Å². The molecule has 15 heteroatoms. The first kappa shape index (κ1) is 30.7. The van der Waals surface area contributed by atoms with Crippen LogP contribution in [-0.4, -0.2) is 81.5 Å². The molecule has 0 aliphatic heterocycles. The molecule has 15 nitrogen and oxygen atoms in total. The molecule has 1 aromatic carbocycles. The van der Waals surface area contributed by atoms with Gasteiger partial charge in [-0.3, -0.25) is 24.0 Å². The van der Waals surface area contributed by atoms with Gasteiger partial charge in [0.2, 0.25) is 29.5 Å². The van der Waals surface area contributed by atoms with Crippen LogP contribution in [0, 0.1) is 0 Å². The van der Waals surface area contributed by atoms with E-state index in [-0.39, 0.29) is 32.1 Å². The van der Waals surface area contributed by atoms with E-state index < -0.39 is 66.3 Å². The lowest BCUT2D eigenvalue weighted by atomic mass is 10.0. The third-order valence-corrected chi connectivity index (χ3v) is 5.87. The summed E-state index contributed by atoms with van der Waals surface area (Å²) in [6, 6.07) is 1.85. The molecule has 0 saturated carbocycles. The maximum absolute atomic E-state index is 13.1. The molecule has 0 saturated heterocycles. The van der Waals surface area contributed by atoms with Crippen LogP contribution in [0.4, 0.5) is 0 Å². The number of para-hydroxylation sites is 1. The van der Waals surface area contributed by atoms with Gasteiger partial charge in [0, 0.05) is 29.9 Å². The summed E-state index contributed by atoms with van der Waals surface area (Å²) in [5.41, 5.74) is 18.0. The number of fused-ring (bicyclic) bond motifs is 1. The normalized spacial score (nSPS) is 14.0. The number of aliphatic hydroxyl groups excluding tert-OH is 1. The molecule has 1 heterocycles. The lowest BCUT2D eigenvalue weighted by molar-refractivity contribution is -0.143. The van der Waals surface area contributed by atoms with Crippen LogP contribution in [0.5, 0.6) is 0 Å². The molecule has 4 atom stereocenters. The molecule has 12 N–H and O–H groups in total. The molecular formula is C24H33N7O8. The summed E-state index contributed by atoms with van der Waals surface area (Å²) in [6.07, 6.45) is 0.671. The van der Waals surface area contributed by atoms with E-state index in [1.165, 1.54) is 0 Å². The molecule has 2 rings (SSSR count). The number of amides is 5. The maximum Gasteiger partial charge on any atom is 0.328 e. The third-order valence-electron chi connectivity index (χ3n) is 5.87. The summed E-state index contributed by atoms with van der Waals surface area (Å²) in [6.45, 7) is -0.927. The van der Waals surface area contributed by atoms with Crippen LogP contribution in [0.25, 0.3) is 10.9 Å². The number of carboxylic acids is 1. The molecule has 39 heavy (non-hydrogen) atoms. The molecule has 0 fully saturated rings. The van der Waals surface area contributed by atoms with Crippen molar-refractivity contribution in [2.24, 2.45) is 17.2 Å². The van der Waals surface area contributed by atoms with Gasteiger partial charge in [0.25, 0.3) is 0 Å². The number of aromatic amines is 1. The number of hydrogen-bond donors (Lipinski definition) is 9. The van der Waals surface area contributed by atoms with Gasteiger partial charge in [-0.2, -0.15) is 0 Å². The Hall–Kier alpha value is -4.50. The molecule has 212 valence electrons. The Labute approximate surface area is 222 Å². The second kappa shape index (κ2) is 14.4. The monoisotopic (exact) mass is 547 g/mol. The van der Waals surface area contributed by atoms with Crippen LogP contribution in [0.15, 0.2) is 30.5 Å². The summed E-state index contributed by atoms with van der Waals surface area (Å²) in [7, 11) is 0. The predicted molar refractivity (Wildman–Crippen MR) is 137 cm³/mol. The van der Waals surface area contributed by atoms with Crippen LogP contribution in [0.1, 0.15) is 31.2 Å². The number of aromatic nitrogens is 1. The highest BCUT2D eigenvalue weighted by molar-refractivity contribution is 5.95. The number of nitrogens with two attached hydrogens (primary N) is 3. The Kier molecular flexibility index (Phi) is 11.4. The minimum atomic E-state index is -1.67. The van der Waals surface area contributed by atoms with Gasteiger partial charge in [-0.15, -0.1) is 0 Å². The number of hydrogen-bond acceptors (Lipinski definition) is 8. The van der Waals surface area contributed by atoms with Crippen LogP contribution < -0.4 is 33.2 Å². The SMILES string of the molecule is NC(=O)CCC(NC(=O)C(N)Cc1c[nH]c2ccccc12)C(=O)NC(CCC(N)=O)C(=O)NC(CO)C(=O)O. The first-order valence-electron chi connectivity index (χ1n) is 12.0. The minimum Gasteiger partial charge on any atom is -0.480 e. The van der Waals surface area contributed by atoms with E-state index in [1.54, 1.807) is 6.20 Å². The van der Waals surface area contributed by atoms with Crippen molar-refractivity contribution >= 4 is 46.4 Å². The Morgan fingerprint density at radius 3 is 1.85 bits per heavy atom. The van der Waals surface area contributed by atoms with Crippen LogP contribution in [-0.2, 0) is 35.2 Å². The summed E-state index contributed by atoms with van der Waals surface area (Å²) in [4.78, 5) is 75.4. The molecule has 0 spiro atoms. The number of primary amides is 2. The first-order chi connectivity index (χ1) is 18.4. The van der Waals surface area contributed by atoms with Crippen molar-refractivity contribution in [1.82, 2.24) is 20.9 Å². The average molecular weight is 548 g/mol. The van der Waals surface area contributed by atoms with E-state index in [9.17, 15) is 33.9 Å². The molecule has 0 radical (unpaired) electrons. The number of rotatable bonds is 16. The molecule has 0 bridgehead atoms. The number of H-pyrrole nitrogens is 1. The van der Waals surface area contributed by atoms with Crippen LogP contribution in [0.3, 0.4) is 0 Å². The Bertz CT molecular complexity index is 1210. The number of aliphatic hydroxyl groups is 1. The number of carboxylic acid groups (broad SMARTS) is 1. The lowest BCUT2D eigenvalue weighted by Crippen LogP contribution is -2.57. The van der Waals surface area contributed by atoms with Crippen molar-refractivity contribution in [3.63, 3.8) is 0 Å². The smallest absolute Gasteiger partial charge is 0.328 e. The maximum atomic E-state index is 13.1. The van der Waals surface area contributed by atoms with Crippen molar-refractivity contribution in [3.05, 3.63) is 36.0 Å². The third kappa shape index (κ3) is 9.39. The van der Waals surface area contributed by atoms with E-state index in [1.807, 2.05) is 29.6 Å². The van der Waals surface area contributed by atoms with Gasteiger partial charge in [0.1, 0.15) is 18.1 Å². The van der Waals surface area contributed by atoms with Gasteiger partial charge in [0.15, 0.2) is 0 Å². The Balaban J connectivity index is 2.15. The van der Waals surface area contributed by atoms with Gasteiger partial charge in [0.05, 0.1) is 12.6 Å². The van der Waals surface area contributed by atoms with Gasteiger partial charge in [-0.25, -0.2) is 4.79 Å². The molecule has 5 amide bonds. The minimum absolute atomic E-state index is 0.126. The summed E-state index contributed by atoms with van der Waals surface area (Å²) in [5.74, 6) is -5.71. The number of nitrogens with one attached hydrogen (secondary N) is 4. The highest BCUT2D eigenvalue weighted by Crippen LogP contribution is 2.18. The van der Waals surface area contributed by atoms with Gasteiger partial charge in [-0.1, -0.05) is 18.2 Å². The van der Waals surface area contributed by atoms with Crippen molar-refractivity contribution < 1.29 is 39.0 Å². The van der Waals surface area contributed by atoms with Crippen molar-refractivity contribution in [2.75, 3.05) is 6.61 Å². The number of carbonyl (C=O) groups is 6. The molecule has 4 unspecified atom stereocenters. The molecule has 1 aromatic heterocycles. The van der Waals surface area contributed by atoms with Crippen molar-refractivity contribution in [1.29, 1.82) is 0 Å². The second-order valence-electron chi connectivity index (χ2n) is 8.88.